The molecular weight excluding hydrogens is 584 g/mol. The van der Waals surface area contributed by atoms with Crippen molar-refractivity contribution in [3.63, 3.8) is 0 Å². The first kappa shape index (κ1) is 29.0. The molecule has 2 aromatic carbocycles. The highest BCUT2D eigenvalue weighted by atomic mass is 32.2. The molecule has 13 heteroatoms. The van der Waals surface area contributed by atoms with Crippen LogP contribution >= 0.6 is 11.8 Å². The predicted octanol–water partition coefficient (Wildman–Crippen LogP) is 4.56. The summed E-state index contributed by atoms with van der Waals surface area (Å²) in [6.07, 6.45) is -0.218. The van der Waals surface area contributed by atoms with Gasteiger partial charge in [-0.15, -0.1) is 11.8 Å². The van der Waals surface area contributed by atoms with Crippen LogP contribution in [-0.2, 0) is 20.0 Å². The molecule has 0 unspecified atom stereocenters. The molecule has 1 fully saturated rings. The highest BCUT2D eigenvalue weighted by Crippen LogP contribution is 2.45. The average Bonchev–Trinajstić information content (AvgIpc) is 3.13. The quantitative estimate of drug-likeness (QED) is 0.310. The standard InChI is InChI=1S/C30H29F2N3O7S/c1-30(2,3)42-29(38)41-16-40-27-21(36)10-11-34-26(27)28(37)33-12-13-39-14-23(33)35(34)25-17-8-9-20(31)24(32)19(17)15-43-22-7-5-4-6-18(22)25/h4-11,23,25H,12-16H2,1-3H3/t23-,25+/m1/s1. The van der Waals surface area contributed by atoms with Crippen LogP contribution in [0.5, 0.6) is 5.75 Å². The molecule has 1 saturated heterocycles. The molecule has 3 aromatic rings. The molecule has 0 radical (unpaired) electrons. The zero-order valence-corrected chi connectivity index (χ0v) is 24.5. The first-order valence-electron chi connectivity index (χ1n) is 13.6. The Hall–Kier alpha value is -4.10. The third-order valence-electron chi connectivity index (χ3n) is 7.30. The Morgan fingerprint density at radius 1 is 1.09 bits per heavy atom. The second-order valence-corrected chi connectivity index (χ2v) is 12.2. The number of hydrogen-bond acceptors (Lipinski definition) is 9. The van der Waals surface area contributed by atoms with Gasteiger partial charge in [-0.05, 0) is 44.0 Å². The number of morpholine rings is 1. The van der Waals surface area contributed by atoms with Crippen molar-refractivity contribution in [3.05, 3.63) is 92.9 Å². The Balaban J connectivity index is 1.50. The van der Waals surface area contributed by atoms with Crippen molar-refractivity contribution in [1.29, 1.82) is 0 Å². The van der Waals surface area contributed by atoms with Gasteiger partial charge in [-0.3, -0.25) is 19.3 Å². The smallest absolute Gasteiger partial charge is 0.451 e. The third-order valence-corrected chi connectivity index (χ3v) is 8.42. The molecule has 1 amide bonds. The van der Waals surface area contributed by atoms with Crippen molar-refractivity contribution in [2.24, 2.45) is 0 Å². The molecule has 2 atom stereocenters. The molecule has 10 nitrogen and oxygen atoms in total. The Morgan fingerprint density at radius 3 is 2.67 bits per heavy atom. The fourth-order valence-corrected chi connectivity index (χ4v) is 6.64. The summed E-state index contributed by atoms with van der Waals surface area (Å²) in [5.41, 5.74) is 0.00251. The van der Waals surface area contributed by atoms with E-state index in [2.05, 4.69) is 0 Å². The molecule has 3 aliphatic rings. The maximum absolute atomic E-state index is 15.3. The van der Waals surface area contributed by atoms with Crippen LogP contribution in [0.4, 0.5) is 13.6 Å². The van der Waals surface area contributed by atoms with Gasteiger partial charge in [0.05, 0.1) is 19.3 Å². The normalized spacial score (nSPS) is 19.4. The largest absolute Gasteiger partial charge is 0.511 e. The number of rotatable bonds is 4. The number of fused-ring (bicyclic) bond motifs is 4. The van der Waals surface area contributed by atoms with E-state index in [-0.39, 0.29) is 42.5 Å². The van der Waals surface area contributed by atoms with Crippen molar-refractivity contribution in [2.45, 2.75) is 49.2 Å². The van der Waals surface area contributed by atoms with Crippen LogP contribution in [0.15, 0.2) is 58.4 Å². The number of carbonyl (C=O) groups is 2. The van der Waals surface area contributed by atoms with Gasteiger partial charge < -0.3 is 23.8 Å². The van der Waals surface area contributed by atoms with E-state index >= 15 is 4.39 Å². The molecule has 0 N–H and O–H groups in total. The lowest BCUT2D eigenvalue weighted by Crippen LogP contribution is -2.66. The third kappa shape index (κ3) is 5.31. The zero-order valence-electron chi connectivity index (χ0n) is 23.7. The molecule has 4 heterocycles. The number of halogens is 2. The summed E-state index contributed by atoms with van der Waals surface area (Å²) in [7, 11) is 0. The predicted molar refractivity (Wildman–Crippen MR) is 152 cm³/mol. The summed E-state index contributed by atoms with van der Waals surface area (Å²) >= 11 is 1.39. The molecular formula is C30H29F2N3O7S. The molecule has 0 spiro atoms. The Bertz CT molecular complexity index is 1660. The van der Waals surface area contributed by atoms with Gasteiger partial charge in [0, 0.05) is 35.0 Å². The van der Waals surface area contributed by atoms with E-state index in [0.29, 0.717) is 5.56 Å². The average molecular weight is 614 g/mol. The summed E-state index contributed by atoms with van der Waals surface area (Å²) in [5, 5.41) is 1.83. The summed E-state index contributed by atoms with van der Waals surface area (Å²) in [6, 6.07) is 10.7. The van der Waals surface area contributed by atoms with Crippen LogP contribution in [0.2, 0.25) is 0 Å². The zero-order chi connectivity index (χ0) is 30.5. The van der Waals surface area contributed by atoms with Gasteiger partial charge >= 0.3 is 6.16 Å². The summed E-state index contributed by atoms with van der Waals surface area (Å²) < 4.78 is 52.9. The number of pyridine rings is 1. The van der Waals surface area contributed by atoms with Gasteiger partial charge in [-0.1, -0.05) is 24.3 Å². The minimum atomic E-state index is -1.00. The van der Waals surface area contributed by atoms with Crippen molar-refractivity contribution >= 4 is 23.8 Å². The van der Waals surface area contributed by atoms with Gasteiger partial charge in [0.15, 0.2) is 17.3 Å². The van der Waals surface area contributed by atoms with Crippen LogP contribution in [0.1, 0.15) is 54.0 Å². The summed E-state index contributed by atoms with van der Waals surface area (Å²) in [5.74, 6) is -2.51. The lowest BCUT2D eigenvalue weighted by Gasteiger charge is -2.51. The summed E-state index contributed by atoms with van der Waals surface area (Å²) in [4.78, 5) is 41.6. The number of hydrogen-bond donors (Lipinski definition) is 0. The molecule has 3 aliphatic heterocycles. The van der Waals surface area contributed by atoms with E-state index in [0.717, 1.165) is 16.5 Å². The number of thioether (sulfide) groups is 1. The molecule has 6 rings (SSSR count). The Morgan fingerprint density at radius 2 is 1.88 bits per heavy atom. The SMILES string of the molecule is CC(C)(C)OC(=O)OCOc1c2n(ccc1=O)N([C@@H]1c3ccccc3SCc3c1ccc(F)c3F)[C@@H]1COCCN1C2=O. The molecule has 1 aromatic heterocycles. The maximum atomic E-state index is 15.3. The number of benzene rings is 2. The Labute approximate surface area is 250 Å². The highest BCUT2D eigenvalue weighted by molar-refractivity contribution is 7.98. The second-order valence-electron chi connectivity index (χ2n) is 11.2. The minimum absolute atomic E-state index is 0.100. The number of aromatic nitrogens is 1. The van der Waals surface area contributed by atoms with Gasteiger partial charge in [0.2, 0.25) is 18.0 Å². The topological polar surface area (TPSA) is 99.5 Å². The van der Waals surface area contributed by atoms with Crippen LogP contribution in [0, 0.1) is 11.6 Å². The first-order chi connectivity index (χ1) is 20.5. The van der Waals surface area contributed by atoms with Crippen molar-refractivity contribution in [2.75, 3.05) is 31.6 Å². The Kier molecular flexibility index (Phi) is 7.55. The van der Waals surface area contributed by atoms with Crippen LogP contribution in [0.25, 0.3) is 0 Å². The van der Waals surface area contributed by atoms with Gasteiger partial charge in [-0.25, -0.2) is 13.6 Å². The van der Waals surface area contributed by atoms with Crippen LogP contribution in [-0.4, -0.2) is 60.0 Å². The monoisotopic (exact) mass is 613 g/mol. The highest BCUT2D eigenvalue weighted by Gasteiger charge is 2.46. The van der Waals surface area contributed by atoms with Crippen molar-refractivity contribution in [3.8, 4) is 5.75 Å². The van der Waals surface area contributed by atoms with E-state index in [1.165, 1.54) is 28.7 Å². The van der Waals surface area contributed by atoms with Gasteiger partial charge in [-0.2, -0.15) is 0 Å². The van der Waals surface area contributed by atoms with E-state index in [1.807, 2.05) is 29.3 Å². The fourth-order valence-electron chi connectivity index (χ4n) is 5.53. The lowest BCUT2D eigenvalue weighted by atomic mass is 9.93. The first-order valence-corrected chi connectivity index (χ1v) is 14.6. The van der Waals surface area contributed by atoms with Crippen molar-refractivity contribution in [1.82, 2.24) is 9.58 Å². The second kappa shape index (κ2) is 11.2. The van der Waals surface area contributed by atoms with E-state index < -0.39 is 53.7 Å². The van der Waals surface area contributed by atoms with Gasteiger partial charge in [0.1, 0.15) is 11.8 Å². The van der Waals surface area contributed by atoms with Crippen LogP contribution < -0.4 is 15.2 Å². The molecule has 0 aliphatic carbocycles. The molecule has 0 bridgehead atoms. The number of nitrogens with zero attached hydrogens (tertiary/aromatic N) is 3. The van der Waals surface area contributed by atoms with Crippen LogP contribution in [0.3, 0.4) is 0 Å². The van der Waals surface area contributed by atoms with Crippen molar-refractivity contribution < 1.29 is 37.3 Å². The molecule has 43 heavy (non-hydrogen) atoms. The van der Waals surface area contributed by atoms with E-state index in [4.69, 9.17) is 18.9 Å². The number of carbonyl (C=O) groups excluding carboxylic acids is 2. The van der Waals surface area contributed by atoms with E-state index in [9.17, 15) is 18.8 Å². The molecule has 226 valence electrons. The minimum Gasteiger partial charge on any atom is -0.451 e. The number of amides is 1. The summed E-state index contributed by atoms with van der Waals surface area (Å²) in [6.45, 7) is 4.93. The lowest BCUT2D eigenvalue weighted by molar-refractivity contribution is -0.0377. The van der Waals surface area contributed by atoms with Gasteiger partial charge in [0.25, 0.3) is 5.91 Å². The molecule has 0 saturated carbocycles. The fraction of sp³-hybridized carbons (Fsp3) is 0.367. The van der Waals surface area contributed by atoms with E-state index in [1.54, 1.807) is 31.7 Å². The number of ether oxygens (including phenoxy) is 4. The maximum Gasteiger partial charge on any atom is 0.511 e.